The van der Waals surface area contributed by atoms with Crippen molar-refractivity contribution in [3.63, 3.8) is 0 Å². The second-order valence-electron chi connectivity index (χ2n) is 2.21. The van der Waals surface area contributed by atoms with Gasteiger partial charge in [-0.05, 0) is 20.9 Å². The van der Waals surface area contributed by atoms with E-state index in [0.717, 1.165) is 6.29 Å². The molecule has 0 amide bonds. The monoisotopic (exact) mass is 116 g/mol. The fourth-order valence-corrected chi connectivity index (χ4v) is 0.352. The molecule has 0 aromatic carbocycles. The van der Waals surface area contributed by atoms with E-state index >= 15 is 0 Å². The number of aldehydes is 1. The molecule has 0 aliphatic carbocycles. The summed E-state index contributed by atoms with van der Waals surface area (Å²) in [6, 6.07) is 0. The minimum absolute atomic E-state index is 0.450. The molecule has 3 nitrogen and oxygen atoms in total. The smallest absolute Gasteiger partial charge is 0.140 e. The molecule has 0 saturated carbocycles. The van der Waals surface area contributed by atoms with Gasteiger partial charge in [0, 0.05) is 0 Å². The Bertz CT molecular complexity index is 80.5. The van der Waals surface area contributed by atoms with E-state index in [1.807, 2.05) is 0 Å². The zero-order valence-electron chi connectivity index (χ0n) is 5.49. The predicted molar refractivity (Wildman–Crippen MR) is 32.3 cm³/mol. The maximum atomic E-state index is 10.1. The van der Waals surface area contributed by atoms with E-state index < -0.39 is 5.54 Å². The van der Waals surface area contributed by atoms with Gasteiger partial charge in [0.25, 0.3) is 0 Å². The summed E-state index contributed by atoms with van der Waals surface area (Å²) < 4.78 is 0. The summed E-state index contributed by atoms with van der Waals surface area (Å²) in [6.07, 6.45) is 0.851. The molecule has 0 fully saturated rings. The Morgan fingerprint density at radius 3 is 2.12 bits per heavy atom. The van der Waals surface area contributed by atoms with Gasteiger partial charge in [0.2, 0.25) is 0 Å². The van der Waals surface area contributed by atoms with Crippen LogP contribution in [0.4, 0.5) is 0 Å². The van der Waals surface area contributed by atoms with E-state index in [2.05, 4.69) is 10.9 Å². The van der Waals surface area contributed by atoms with Crippen LogP contribution in [0, 0.1) is 0 Å². The van der Waals surface area contributed by atoms with Crippen LogP contribution in [0.5, 0.6) is 0 Å². The summed E-state index contributed by atoms with van der Waals surface area (Å²) in [5.41, 5.74) is 4.98. The number of carbonyl (C=O) groups excluding carboxylic acids is 1. The molecule has 0 bridgehead atoms. The van der Waals surface area contributed by atoms with Crippen molar-refractivity contribution in [2.75, 3.05) is 7.05 Å². The van der Waals surface area contributed by atoms with Gasteiger partial charge in [0.1, 0.15) is 6.29 Å². The molecule has 0 heterocycles. The fraction of sp³-hybridized carbons (Fsp3) is 0.800. The summed E-state index contributed by atoms with van der Waals surface area (Å²) in [7, 11) is 1.73. The van der Waals surface area contributed by atoms with Crippen LogP contribution in [-0.2, 0) is 4.79 Å². The predicted octanol–water partition coefficient (Wildman–Crippen LogP) is -0.312. The maximum Gasteiger partial charge on any atom is 0.140 e. The number of nitrogens with one attached hydrogen (secondary N) is 2. The van der Waals surface area contributed by atoms with Crippen LogP contribution in [0.1, 0.15) is 13.8 Å². The van der Waals surface area contributed by atoms with E-state index in [4.69, 9.17) is 0 Å². The van der Waals surface area contributed by atoms with Crippen LogP contribution in [0.2, 0.25) is 0 Å². The molecule has 0 aromatic rings. The Kier molecular flexibility index (Phi) is 2.65. The summed E-state index contributed by atoms with van der Waals surface area (Å²) in [6.45, 7) is 3.58. The number of hydrogen-bond donors (Lipinski definition) is 2. The van der Waals surface area contributed by atoms with Gasteiger partial charge in [-0.25, -0.2) is 5.43 Å². The first-order valence-electron chi connectivity index (χ1n) is 2.52. The molecule has 0 unspecified atom stereocenters. The molecule has 0 aliphatic rings. The summed E-state index contributed by atoms with van der Waals surface area (Å²) in [5, 5.41) is 0. The summed E-state index contributed by atoms with van der Waals surface area (Å²) in [4.78, 5) is 10.1. The highest BCUT2D eigenvalue weighted by atomic mass is 16.1. The first-order valence-corrected chi connectivity index (χ1v) is 2.52. The molecule has 0 aromatic heterocycles. The van der Waals surface area contributed by atoms with Gasteiger partial charge in [0.05, 0.1) is 5.54 Å². The molecule has 3 heteroatoms. The molecule has 0 atom stereocenters. The molecule has 0 aliphatic heterocycles. The molecule has 2 N–H and O–H groups in total. The molecular formula is C5H12N2O. The minimum atomic E-state index is -0.450. The Balaban J connectivity index is 3.53. The topological polar surface area (TPSA) is 41.1 Å². The second-order valence-corrected chi connectivity index (χ2v) is 2.21. The average molecular weight is 116 g/mol. The molecular weight excluding hydrogens is 104 g/mol. The molecule has 0 saturated heterocycles. The van der Waals surface area contributed by atoms with Gasteiger partial charge in [-0.15, -0.1) is 0 Å². The van der Waals surface area contributed by atoms with E-state index in [9.17, 15) is 4.79 Å². The minimum Gasteiger partial charge on any atom is -0.301 e. The zero-order chi connectivity index (χ0) is 6.62. The lowest BCUT2D eigenvalue weighted by Crippen LogP contribution is -2.47. The molecule has 48 valence electrons. The van der Waals surface area contributed by atoms with Crippen molar-refractivity contribution in [1.82, 2.24) is 10.9 Å². The van der Waals surface area contributed by atoms with Gasteiger partial charge >= 0.3 is 0 Å². The van der Waals surface area contributed by atoms with Gasteiger partial charge in [-0.1, -0.05) is 0 Å². The van der Waals surface area contributed by atoms with Crippen LogP contribution in [0.15, 0.2) is 0 Å². The van der Waals surface area contributed by atoms with E-state index in [1.165, 1.54) is 0 Å². The fourth-order valence-electron chi connectivity index (χ4n) is 0.352. The van der Waals surface area contributed by atoms with Crippen LogP contribution in [0.25, 0.3) is 0 Å². The van der Waals surface area contributed by atoms with Crippen molar-refractivity contribution < 1.29 is 4.79 Å². The number of hydrazine groups is 1. The maximum absolute atomic E-state index is 10.1. The Hall–Kier alpha value is -0.410. The molecule has 0 spiro atoms. The van der Waals surface area contributed by atoms with Crippen LogP contribution >= 0.6 is 0 Å². The van der Waals surface area contributed by atoms with Gasteiger partial charge in [0.15, 0.2) is 0 Å². The first-order chi connectivity index (χ1) is 3.62. The van der Waals surface area contributed by atoms with Crippen molar-refractivity contribution in [1.29, 1.82) is 0 Å². The van der Waals surface area contributed by atoms with Crippen molar-refractivity contribution >= 4 is 6.29 Å². The molecule has 0 radical (unpaired) electrons. The lowest BCUT2D eigenvalue weighted by atomic mass is 10.1. The third-order valence-electron chi connectivity index (χ3n) is 0.742. The van der Waals surface area contributed by atoms with Gasteiger partial charge in [-0.3, -0.25) is 5.43 Å². The van der Waals surface area contributed by atoms with E-state index in [1.54, 1.807) is 20.9 Å². The van der Waals surface area contributed by atoms with Crippen LogP contribution in [-0.4, -0.2) is 18.9 Å². The normalized spacial score (nSPS) is 11.4. The number of rotatable bonds is 3. The Labute approximate surface area is 49.4 Å². The van der Waals surface area contributed by atoms with Crippen molar-refractivity contribution in [2.24, 2.45) is 0 Å². The second kappa shape index (κ2) is 2.79. The number of hydrogen-bond acceptors (Lipinski definition) is 3. The highest BCUT2D eigenvalue weighted by Gasteiger charge is 2.12. The Morgan fingerprint density at radius 1 is 1.50 bits per heavy atom. The largest absolute Gasteiger partial charge is 0.301 e. The van der Waals surface area contributed by atoms with E-state index in [0.29, 0.717) is 0 Å². The highest BCUT2D eigenvalue weighted by Crippen LogP contribution is 1.91. The Morgan fingerprint density at radius 2 is 2.00 bits per heavy atom. The van der Waals surface area contributed by atoms with Crippen molar-refractivity contribution in [3.05, 3.63) is 0 Å². The summed E-state index contributed by atoms with van der Waals surface area (Å²) >= 11 is 0. The highest BCUT2D eigenvalue weighted by molar-refractivity contribution is 5.62. The number of carbonyl (C=O) groups is 1. The summed E-state index contributed by atoms with van der Waals surface area (Å²) in [5.74, 6) is 0. The third kappa shape index (κ3) is 2.71. The quantitative estimate of drug-likeness (QED) is 0.392. The molecule has 8 heavy (non-hydrogen) atoms. The zero-order valence-corrected chi connectivity index (χ0v) is 5.49. The van der Waals surface area contributed by atoms with Gasteiger partial charge < -0.3 is 4.79 Å². The van der Waals surface area contributed by atoms with Crippen molar-refractivity contribution in [2.45, 2.75) is 19.4 Å². The van der Waals surface area contributed by atoms with Crippen molar-refractivity contribution in [3.8, 4) is 0 Å². The standard InChI is InChI=1S/C5H12N2O/c1-5(2,4-8)7-6-3/h4,6-7H,1-3H3. The van der Waals surface area contributed by atoms with E-state index in [-0.39, 0.29) is 0 Å². The molecule has 0 rings (SSSR count). The van der Waals surface area contributed by atoms with Gasteiger partial charge in [-0.2, -0.15) is 0 Å². The first kappa shape index (κ1) is 7.59. The van der Waals surface area contributed by atoms with Crippen LogP contribution in [0.3, 0.4) is 0 Å². The lowest BCUT2D eigenvalue weighted by Gasteiger charge is -2.16. The third-order valence-corrected chi connectivity index (χ3v) is 0.742. The van der Waals surface area contributed by atoms with Crippen LogP contribution < -0.4 is 10.9 Å². The SMILES string of the molecule is CNNC(C)(C)C=O. The lowest BCUT2D eigenvalue weighted by molar-refractivity contribution is -0.112. The average Bonchev–Trinajstić information content (AvgIpc) is 1.67.